The SMILES string of the molecule is c1nc(-c2cnns2)cs1. The lowest BCUT2D eigenvalue weighted by Crippen LogP contribution is -1.66. The van der Waals surface area contributed by atoms with E-state index in [0.29, 0.717) is 0 Å². The van der Waals surface area contributed by atoms with Gasteiger partial charge >= 0.3 is 0 Å². The molecule has 0 aromatic carbocycles. The van der Waals surface area contributed by atoms with E-state index >= 15 is 0 Å². The van der Waals surface area contributed by atoms with Crippen molar-refractivity contribution >= 4 is 22.9 Å². The van der Waals surface area contributed by atoms with Gasteiger partial charge < -0.3 is 0 Å². The van der Waals surface area contributed by atoms with Crippen LogP contribution in [-0.4, -0.2) is 14.6 Å². The van der Waals surface area contributed by atoms with Gasteiger partial charge in [-0.05, 0) is 11.5 Å². The van der Waals surface area contributed by atoms with Gasteiger partial charge in [0.2, 0.25) is 0 Å². The second kappa shape index (κ2) is 2.43. The Hall–Kier alpha value is -0.810. The number of hydrogen-bond acceptors (Lipinski definition) is 5. The standard InChI is InChI=1S/C5H3N3S2/c1-5(10-8-7-1)4-2-9-3-6-4/h1-3H. The molecule has 0 amide bonds. The molecular formula is C5H3N3S2. The zero-order chi connectivity index (χ0) is 6.81. The predicted molar refractivity (Wildman–Crippen MR) is 41.0 cm³/mol. The maximum atomic E-state index is 4.11. The summed E-state index contributed by atoms with van der Waals surface area (Å²) in [6.07, 6.45) is 1.72. The van der Waals surface area contributed by atoms with Crippen LogP contribution in [0.1, 0.15) is 0 Å². The van der Waals surface area contributed by atoms with Crippen LogP contribution in [0.25, 0.3) is 10.6 Å². The summed E-state index contributed by atoms with van der Waals surface area (Å²) in [5.74, 6) is 0. The lowest BCUT2D eigenvalue weighted by atomic mass is 10.4. The van der Waals surface area contributed by atoms with E-state index in [1.165, 1.54) is 11.5 Å². The quantitative estimate of drug-likeness (QED) is 0.651. The Kier molecular flexibility index (Phi) is 1.44. The minimum absolute atomic E-state index is 0.972. The van der Waals surface area contributed by atoms with Crippen molar-refractivity contribution in [1.82, 2.24) is 14.6 Å². The fourth-order valence-electron chi connectivity index (χ4n) is 0.614. The summed E-state index contributed by atoms with van der Waals surface area (Å²) in [4.78, 5) is 5.14. The lowest BCUT2D eigenvalue weighted by molar-refractivity contribution is 1.16. The first-order chi connectivity index (χ1) is 4.97. The average Bonchev–Trinajstić information content (AvgIpc) is 2.59. The molecule has 0 saturated heterocycles. The Balaban J connectivity index is 2.48. The van der Waals surface area contributed by atoms with Gasteiger partial charge in [-0.2, -0.15) is 0 Å². The third kappa shape index (κ3) is 0.932. The maximum Gasteiger partial charge on any atom is 0.0946 e. The molecule has 0 unspecified atom stereocenters. The van der Waals surface area contributed by atoms with Crippen molar-refractivity contribution in [2.24, 2.45) is 0 Å². The van der Waals surface area contributed by atoms with E-state index in [4.69, 9.17) is 0 Å². The van der Waals surface area contributed by atoms with Gasteiger partial charge in [0, 0.05) is 5.38 Å². The molecule has 2 aromatic heterocycles. The molecule has 0 N–H and O–H groups in total. The van der Waals surface area contributed by atoms with Gasteiger partial charge in [-0.15, -0.1) is 16.4 Å². The zero-order valence-electron chi connectivity index (χ0n) is 4.89. The van der Waals surface area contributed by atoms with Gasteiger partial charge in [-0.25, -0.2) is 4.98 Å². The molecule has 0 bridgehead atoms. The Morgan fingerprint density at radius 2 is 2.40 bits per heavy atom. The van der Waals surface area contributed by atoms with Crippen LogP contribution in [0.5, 0.6) is 0 Å². The molecule has 0 aliphatic heterocycles. The molecule has 0 radical (unpaired) electrons. The summed E-state index contributed by atoms with van der Waals surface area (Å²) in [6.45, 7) is 0. The van der Waals surface area contributed by atoms with Crippen molar-refractivity contribution in [3.8, 4) is 10.6 Å². The first-order valence-electron chi connectivity index (χ1n) is 2.63. The predicted octanol–water partition coefficient (Wildman–Crippen LogP) is 1.66. The molecule has 0 fully saturated rings. The minimum atomic E-state index is 0.972. The van der Waals surface area contributed by atoms with Gasteiger partial charge in [-0.3, -0.25) is 0 Å². The van der Waals surface area contributed by atoms with E-state index < -0.39 is 0 Å². The van der Waals surface area contributed by atoms with Crippen LogP contribution < -0.4 is 0 Å². The van der Waals surface area contributed by atoms with Gasteiger partial charge in [0.15, 0.2) is 0 Å². The molecule has 0 atom stereocenters. The van der Waals surface area contributed by atoms with Crippen LogP contribution in [0.4, 0.5) is 0 Å². The van der Waals surface area contributed by atoms with Crippen LogP contribution in [0.2, 0.25) is 0 Å². The van der Waals surface area contributed by atoms with Gasteiger partial charge in [0.1, 0.15) is 0 Å². The normalized spacial score (nSPS) is 10.0. The van der Waals surface area contributed by atoms with Crippen molar-refractivity contribution in [3.63, 3.8) is 0 Å². The average molecular weight is 169 g/mol. The highest BCUT2D eigenvalue weighted by atomic mass is 32.1. The number of rotatable bonds is 1. The zero-order valence-corrected chi connectivity index (χ0v) is 6.52. The highest BCUT2D eigenvalue weighted by molar-refractivity contribution is 7.10. The molecule has 2 heterocycles. The van der Waals surface area contributed by atoms with Crippen LogP contribution in [0.15, 0.2) is 17.1 Å². The topological polar surface area (TPSA) is 38.7 Å². The van der Waals surface area contributed by atoms with E-state index in [-0.39, 0.29) is 0 Å². The fraction of sp³-hybridized carbons (Fsp3) is 0. The second-order valence-electron chi connectivity index (χ2n) is 1.66. The summed E-state index contributed by atoms with van der Waals surface area (Å²) < 4.78 is 3.73. The Labute approximate surface area is 65.5 Å². The number of hydrogen-bond donors (Lipinski definition) is 0. The highest BCUT2D eigenvalue weighted by Crippen LogP contribution is 2.20. The number of nitrogens with zero attached hydrogens (tertiary/aromatic N) is 3. The molecule has 3 nitrogen and oxygen atoms in total. The number of aromatic nitrogens is 3. The van der Waals surface area contributed by atoms with E-state index in [1.807, 2.05) is 5.38 Å². The summed E-state index contributed by atoms with van der Waals surface area (Å²) in [6, 6.07) is 0. The van der Waals surface area contributed by atoms with Crippen LogP contribution in [0, 0.1) is 0 Å². The first-order valence-corrected chi connectivity index (χ1v) is 4.34. The molecule has 0 aliphatic rings. The Bertz CT molecular complexity index is 254. The van der Waals surface area contributed by atoms with Crippen molar-refractivity contribution in [2.45, 2.75) is 0 Å². The summed E-state index contributed by atoms with van der Waals surface area (Å²) in [5, 5.41) is 5.69. The van der Waals surface area contributed by atoms with Gasteiger partial charge in [0.25, 0.3) is 0 Å². The molecule has 2 rings (SSSR count). The summed E-state index contributed by atoms with van der Waals surface area (Å²) >= 11 is 2.94. The molecule has 5 heteroatoms. The molecule has 0 spiro atoms. The lowest BCUT2D eigenvalue weighted by Gasteiger charge is -1.80. The molecular weight excluding hydrogens is 166 g/mol. The Morgan fingerprint density at radius 3 is 3.00 bits per heavy atom. The summed E-state index contributed by atoms with van der Waals surface area (Å²) in [5.41, 5.74) is 2.77. The van der Waals surface area contributed by atoms with E-state index in [9.17, 15) is 0 Å². The monoisotopic (exact) mass is 169 g/mol. The highest BCUT2D eigenvalue weighted by Gasteiger charge is 2.00. The molecule has 2 aromatic rings. The maximum absolute atomic E-state index is 4.11. The van der Waals surface area contributed by atoms with Crippen LogP contribution in [-0.2, 0) is 0 Å². The van der Waals surface area contributed by atoms with Crippen molar-refractivity contribution in [2.75, 3.05) is 0 Å². The number of thiazole rings is 1. The molecule has 0 aliphatic carbocycles. The smallest absolute Gasteiger partial charge is 0.0946 e. The van der Waals surface area contributed by atoms with Crippen molar-refractivity contribution in [1.29, 1.82) is 0 Å². The van der Waals surface area contributed by atoms with Crippen LogP contribution in [0.3, 0.4) is 0 Å². The van der Waals surface area contributed by atoms with E-state index in [1.54, 1.807) is 23.0 Å². The molecule has 0 saturated carbocycles. The van der Waals surface area contributed by atoms with Crippen molar-refractivity contribution < 1.29 is 0 Å². The van der Waals surface area contributed by atoms with E-state index in [0.717, 1.165) is 10.6 Å². The fourth-order valence-corrected chi connectivity index (χ4v) is 1.72. The second-order valence-corrected chi connectivity index (χ2v) is 3.16. The summed E-state index contributed by atoms with van der Waals surface area (Å²) in [7, 11) is 0. The molecule has 10 heavy (non-hydrogen) atoms. The molecule has 50 valence electrons. The minimum Gasteiger partial charge on any atom is -0.244 e. The van der Waals surface area contributed by atoms with Gasteiger partial charge in [-0.1, -0.05) is 4.49 Å². The first kappa shape index (κ1) is 5.94. The van der Waals surface area contributed by atoms with Gasteiger partial charge in [0.05, 0.1) is 22.3 Å². The van der Waals surface area contributed by atoms with E-state index in [2.05, 4.69) is 14.6 Å². The van der Waals surface area contributed by atoms with Crippen molar-refractivity contribution in [3.05, 3.63) is 17.1 Å². The third-order valence-electron chi connectivity index (χ3n) is 1.05. The largest absolute Gasteiger partial charge is 0.244 e. The third-order valence-corrected chi connectivity index (χ3v) is 2.32. The van der Waals surface area contributed by atoms with Crippen LogP contribution >= 0.6 is 22.9 Å². The Morgan fingerprint density at radius 1 is 1.40 bits per heavy atom.